The number of rotatable bonds is 8. The van der Waals surface area contributed by atoms with Crippen molar-refractivity contribution < 1.29 is 12.8 Å². The monoisotopic (exact) mass is 517 g/mol. The van der Waals surface area contributed by atoms with Crippen LogP contribution in [0.25, 0.3) is 0 Å². The number of guanidine groups is 1. The minimum atomic E-state index is -3.14. The number of hydrogen-bond acceptors (Lipinski definition) is 4. The molecule has 0 aliphatic heterocycles. The van der Waals surface area contributed by atoms with E-state index in [4.69, 9.17) is 0 Å². The summed E-state index contributed by atoms with van der Waals surface area (Å²) in [6.45, 7) is 6.15. The first kappa shape index (κ1) is 25.4. The highest BCUT2D eigenvalue weighted by Crippen LogP contribution is 2.18. The largest absolute Gasteiger partial charge is 0.356 e. The fraction of sp³-hybridized carbons (Fsp3) is 0.588. The summed E-state index contributed by atoms with van der Waals surface area (Å²) in [5.41, 5.74) is 0. The molecule has 150 valence electrons. The van der Waals surface area contributed by atoms with Crippen molar-refractivity contribution in [3.05, 3.63) is 30.1 Å². The van der Waals surface area contributed by atoms with Crippen LogP contribution >= 0.6 is 35.7 Å². The van der Waals surface area contributed by atoms with Crippen molar-refractivity contribution in [1.82, 2.24) is 10.6 Å². The highest BCUT2D eigenvalue weighted by atomic mass is 127. The Balaban J connectivity index is 0.00000625. The van der Waals surface area contributed by atoms with Crippen LogP contribution in [0, 0.1) is 5.82 Å². The predicted molar refractivity (Wildman–Crippen MR) is 120 cm³/mol. The Bertz CT molecular complexity index is 660. The van der Waals surface area contributed by atoms with Gasteiger partial charge in [0.2, 0.25) is 0 Å². The lowest BCUT2D eigenvalue weighted by atomic mass is 10.3. The topological polar surface area (TPSA) is 70.6 Å². The van der Waals surface area contributed by atoms with E-state index in [1.165, 1.54) is 12.1 Å². The number of nitrogens with one attached hydrogen (secondary N) is 2. The summed E-state index contributed by atoms with van der Waals surface area (Å²) >= 11 is 1.67. The molecule has 0 aromatic heterocycles. The van der Waals surface area contributed by atoms with Gasteiger partial charge in [0.1, 0.15) is 5.82 Å². The van der Waals surface area contributed by atoms with Crippen LogP contribution in [0.5, 0.6) is 0 Å². The van der Waals surface area contributed by atoms with Crippen molar-refractivity contribution in [3.8, 4) is 0 Å². The van der Waals surface area contributed by atoms with E-state index in [1.54, 1.807) is 51.7 Å². The van der Waals surface area contributed by atoms with Crippen LogP contribution in [0.1, 0.15) is 27.2 Å². The van der Waals surface area contributed by atoms with E-state index in [0.717, 1.165) is 23.6 Å². The molecule has 0 bridgehead atoms. The Morgan fingerprint density at radius 3 is 2.27 bits per heavy atom. The minimum absolute atomic E-state index is 0. The van der Waals surface area contributed by atoms with Gasteiger partial charge in [-0.15, -0.1) is 35.7 Å². The van der Waals surface area contributed by atoms with Crippen LogP contribution in [0.2, 0.25) is 0 Å². The number of nitrogens with zero attached hydrogens (tertiary/aromatic N) is 1. The molecule has 0 unspecified atom stereocenters. The van der Waals surface area contributed by atoms with Crippen LogP contribution in [0.3, 0.4) is 0 Å². The van der Waals surface area contributed by atoms with Gasteiger partial charge in [-0.3, -0.25) is 4.99 Å². The van der Waals surface area contributed by atoms with Crippen LogP contribution in [0.4, 0.5) is 4.39 Å². The van der Waals surface area contributed by atoms with Crippen LogP contribution in [0.15, 0.2) is 34.2 Å². The lowest BCUT2D eigenvalue weighted by Gasteiger charge is -2.19. The predicted octanol–water partition coefficient (Wildman–Crippen LogP) is 3.30. The van der Waals surface area contributed by atoms with E-state index in [9.17, 15) is 12.8 Å². The SMILES string of the molecule is CN=C(NCCCSc1ccc(F)cc1)NCCS(=O)(=O)C(C)(C)C.I. The van der Waals surface area contributed by atoms with E-state index in [1.807, 2.05) is 0 Å². The third kappa shape index (κ3) is 9.40. The molecule has 1 rings (SSSR count). The van der Waals surface area contributed by atoms with Crippen molar-refractivity contribution in [2.75, 3.05) is 31.6 Å². The minimum Gasteiger partial charge on any atom is -0.356 e. The fourth-order valence-electron chi connectivity index (χ4n) is 1.83. The Labute approximate surface area is 177 Å². The van der Waals surface area contributed by atoms with Crippen molar-refractivity contribution in [2.45, 2.75) is 36.8 Å². The zero-order valence-corrected chi connectivity index (χ0v) is 19.7. The summed E-state index contributed by atoms with van der Waals surface area (Å²) < 4.78 is 36.2. The summed E-state index contributed by atoms with van der Waals surface area (Å²) in [6, 6.07) is 6.45. The molecule has 0 aliphatic rings. The second kappa shape index (κ2) is 12.0. The Morgan fingerprint density at radius 1 is 1.15 bits per heavy atom. The molecule has 0 radical (unpaired) electrons. The van der Waals surface area contributed by atoms with Gasteiger partial charge < -0.3 is 10.6 Å². The van der Waals surface area contributed by atoms with Crippen molar-refractivity contribution in [1.29, 1.82) is 0 Å². The molecule has 0 heterocycles. The molecule has 1 aromatic rings. The van der Waals surface area contributed by atoms with Gasteiger partial charge in [0, 0.05) is 25.0 Å². The second-order valence-corrected chi connectivity index (χ2v) is 10.5. The highest BCUT2D eigenvalue weighted by molar-refractivity contribution is 14.0. The Morgan fingerprint density at radius 2 is 1.73 bits per heavy atom. The third-order valence-electron chi connectivity index (χ3n) is 3.52. The van der Waals surface area contributed by atoms with Crippen molar-refractivity contribution >= 4 is 51.5 Å². The average molecular weight is 517 g/mol. The van der Waals surface area contributed by atoms with Gasteiger partial charge in [0.15, 0.2) is 15.8 Å². The highest BCUT2D eigenvalue weighted by Gasteiger charge is 2.28. The first-order valence-electron chi connectivity index (χ1n) is 8.21. The molecule has 0 amide bonds. The van der Waals surface area contributed by atoms with Gasteiger partial charge >= 0.3 is 0 Å². The lowest BCUT2D eigenvalue weighted by Crippen LogP contribution is -2.42. The van der Waals surface area contributed by atoms with E-state index in [2.05, 4.69) is 15.6 Å². The van der Waals surface area contributed by atoms with Crippen molar-refractivity contribution in [3.63, 3.8) is 0 Å². The van der Waals surface area contributed by atoms with Crippen LogP contribution < -0.4 is 10.6 Å². The van der Waals surface area contributed by atoms with Gasteiger partial charge in [0.05, 0.1) is 10.5 Å². The van der Waals surface area contributed by atoms with Crippen molar-refractivity contribution in [2.24, 2.45) is 4.99 Å². The molecule has 9 heteroatoms. The molecule has 0 saturated heterocycles. The normalized spacial score (nSPS) is 12.4. The Kier molecular flexibility index (Phi) is 11.8. The molecule has 0 spiro atoms. The van der Waals surface area contributed by atoms with Gasteiger partial charge in [-0.1, -0.05) is 0 Å². The van der Waals surface area contributed by atoms with Gasteiger partial charge in [0.25, 0.3) is 0 Å². The van der Waals surface area contributed by atoms with Gasteiger partial charge in [-0.2, -0.15) is 0 Å². The number of hydrogen-bond donors (Lipinski definition) is 2. The number of aliphatic imine (C=N–C) groups is 1. The van der Waals surface area contributed by atoms with Gasteiger partial charge in [-0.25, -0.2) is 12.8 Å². The molecule has 26 heavy (non-hydrogen) atoms. The van der Waals surface area contributed by atoms with Gasteiger partial charge in [-0.05, 0) is 57.2 Å². The van der Waals surface area contributed by atoms with E-state index in [-0.39, 0.29) is 35.5 Å². The summed E-state index contributed by atoms with van der Waals surface area (Å²) in [5.74, 6) is 1.33. The molecule has 5 nitrogen and oxygen atoms in total. The molecule has 0 atom stereocenters. The Hall–Kier alpha value is -0.550. The summed E-state index contributed by atoms with van der Waals surface area (Å²) in [5, 5.41) is 6.18. The molecule has 2 N–H and O–H groups in total. The third-order valence-corrected chi connectivity index (χ3v) is 7.22. The lowest BCUT2D eigenvalue weighted by molar-refractivity contribution is 0.559. The van der Waals surface area contributed by atoms with E-state index in [0.29, 0.717) is 12.5 Å². The summed E-state index contributed by atoms with van der Waals surface area (Å²) in [6.07, 6.45) is 0.906. The molecular formula is C17H29FIN3O2S2. The number of halogens is 2. The maximum Gasteiger partial charge on any atom is 0.191 e. The summed E-state index contributed by atoms with van der Waals surface area (Å²) in [7, 11) is -1.49. The standard InChI is InChI=1S/C17H28FN3O2S2.HI/c1-17(2,3)25(22,23)13-11-21-16(19-4)20-10-5-12-24-15-8-6-14(18)7-9-15;/h6-9H,5,10-13H2,1-4H3,(H2,19,20,21);1H. The van der Waals surface area contributed by atoms with E-state index >= 15 is 0 Å². The molecule has 0 aliphatic carbocycles. The van der Waals surface area contributed by atoms with Crippen LogP contribution in [-0.2, 0) is 9.84 Å². The molecule has 1 aromatic carbocycles. The number of sulfone groups is 1. The molecule has 0 saturated carbocycles. The molecule has 0 fully saturated rings. The fourth-order valence-corrected chi connectivity index (χ4v) is 3.67. The second-order valence-electron chi connectivity index (χ2n) is 6.51. The number of benzene rings is 1. The van der Waals surface area contributed by atoms with Crippen LogP contribution in [-0.4, -0.2) is 50.8 Å². The quantitative estimate of drug-likeness (QED) is 0.182. The van der Waals surface area contributed by atoms with E-state index < -0.39 is 14.6 Å². The number of thioether (sulfide) groups is 1. The smallest absolute Gasteiger partial charge is 0.191 e. The first-order valence-corrected chi connectivity index (χ1v) is 10.8. The zero-order chi connectivity index (χ0) is 18.9. The summed E-state index contributed by atoms with van der Waals surface area (Å²) in [4.78, 5) is 5.12. The first-order chi connectivity index (χ1) is 11.7. The molecular weight excluding hydrogens is 488 g/mol. The maximum atomic E-state index is 12.8. The maximum absolute atomic E-state index is 12.8. The zero-order valence-electron chi connectivity index (χ0n) is 15.7. The average Bonchev–Trinajstić information content (AvgIpc) is 2.53.